The number of sulfonamides is 1. The lowest BCUT2D eigenvalue weighted by Gasteiger charge is -2.20. The maximum atomic E-state index is 12.5. The maximum absolute atomic E-state index is 12.5. The Morgan fingerprint density at radius 2 is 2.16 bits per heavy atom. The van der Waals surface area contributed by atoms with Gasteiger partial charge in [0.25, 0.3) is 5.69 Å². The number of nitro groups is 1. The summed E-state index contributed by atoms with van der Waals surface area (Å²) in [6, 6.07) is 3.46. The Balaban J connectivity index is 2.57. The molecule has 8 heteroatoms. The van der Waals surface area contributed by atoms with Gasteiger partial charge in [-0.1, -0.05) is 0 Å². The van der Waals surface area contributed by atoms with Crippen LogP contribution in [0.3, 0.4) is 0 Å². The summed E-state index contributed by atoms with van der Waals surface area (Å²) in [4.78, 5) is 9.93. The van der Waals surface area contributed by atoms with Crippen molar-refractivity contribution in [2.45, 2.75) is 30.7 Å². The van der Waals surface area contributed by atoms with E-state index in [9.17, 15) is 18.5 Å². The third kappa shape index (κ3) is 2.41. The number of anilines is 1. The number of nitrogens with zero attached hydrogens (tertiary/aromatic N) is 2. The Morgan fingerprint density at radius 1 is 1.47 bits per heavy atom. The SMILES string of the molecule is CC1CCCN1S(=O)(=O)c1cc(N)ccc1[N+](=O)[O-]. The molecule has 0 spiro atoms. The third-order valence-electron chi connectivity index (χ3n) is 3.26. The van der Waals surface area contributed by atoms with Gasteiger partial charge in [0.2, 0.25) is 10.0 Å². The van der Waals surface area contributed by atoms with Crippen molar-refractivity contribution >= 4 is 21.4 Å². The van der Waals surface area contributed by atoms with Crippen LogP contribution in [-0.2, 0) is 10.0 Å². The number of hydrogen-bond acceptors (Lipinski definition) is 5. The highest BCUT2D eigenvalue weighted by molar-refractivity contribution is 7.89. The molecule has 1 aromatic carbocycles. The zero-order valence-corrected chi connectivity index (χ0v) is 11.3. The smallest absolute Gasteiger partial charge is 0.289 e. The molecule has 1 aliphatic rings. The molecule has 0 amide bonds. The fraction of sp³-hybridized carbons (Fsp3) is 0.455. The molecule has 0 radical (unpaired) electrons. The largest absolute Gasteiger partial charge is 0.399 e. The highest BCUT2D eigenvalue weighted by atomic mass is 32.2. The predicted molar refractivity (Wildman–Crippen MR) is 70.1 cm³/mol. The molecule has 2 N–H and O–H groups in total. The zero-order chi connectivity index (χ0) is 14.2. The zero-order valence-electron chi connectivity index (χ0n) is 10.4. The van der Waals surface area contributed by atoms with Gasteiger partial charge in [-0.2, -0.15) is 4.31 Å². The van der Waals surface area contributed by atoms with Crippen LogP contribution >= 0.6 is 0 Å². The lowest BCUT2D eigenvalue weighted by molar-refractivity contribution is -0.387. The molecule has 1 unspecified atom stereocenters. The molecular weight excluding hydrogens is 270 g/mol. The van der Waals surface area contributed by atoms with Crippen LogP contribution < -0.4 is 5.73 Å². The highest BCUT2D eigenvalue weighted by Gasteiger charge is 2.36. The van der Waals surface area contributed by atoms with E-state index in [0.717, 1.165) is 25.0 Å². The second kappa shape index (κ2) is 4.78. The van der Waals surface area contributed by atoms with E-state index < -0.39 is 20.6 Å². The molecule has 7 nitrogen and oxygen atoms in total. The van der Waals surface area contributed by atoms with Gasteiger partial charge in [-0.05, 0) is 31.9 Å². The molecule has 0 saturated carbocycles. The monoisotopic (exact) mass is 285 g/mol. The Hall–Kier alpha value is -1.67. The summed E-state index contributed by atoms with van der Waals surface area (Å²) in [5, 5.41) is 11.0. The molecule has 1 aromatic rings. The summed E-state index contributed by atoms with van der Waals surface area (Å²) in [5.41, 5.74) is 5.31. The van der Waals surface area contributed by atoms with Crippen LogP contribution in [-0.4, -0.2) is 30.2 Å². The molecule has 19 heavy (non-hydrogen) atoms. The molecule has 2 rings (SSSR count). The van der Waals surface area contributed by atoms with Crippen molar-refractivity contribution in [1.29, 1.82) is 0 Å². The molecular formula is C11H15N3O4S. The van der Waals surface area contributed by atoms with Crippen LogP contribution in [0.15, 0.2) is 23.1 Å². The standard InChI is InChI=1S/C11H15N3O4S/c1-8-3-2-6-13(8)19(17,18)11-7-9(12)4-5-10(11)14(15)16/h4-5,7-8H,2-3,6,12H2,1H3. The normalized spacial score (nSPS) is 20.6. The number of nitrogens with two attached hydrogens (primary N) is 1. The molecule has 104 valence electrons. The van der Waals surface area contributed by atoms with Gasteiger partial charge in [-0.3, -0.25) is 10.1 Å². The van der Waals surface area contributed by atoms with E-state index >= 15 is 0 Å². The molecule has 0 aliphatic carbocycles. The summed E-state index contributed by atoms with van der Waals surface area (Å²) in [6.45, 7) is 2.18. The average Bonchev–Trinajstić information content (AvgIpc) is 2.75. The Bertz CT molecular complexity index is 614. The minimum atomic E-state index is -3.87. The predicted octanol–water partition coefficient (Wildman–Crippen LogP) is 1.35. The Morgan fingerprint density at radius 3 is 2.68 bits per heavy atom. The first-order valence-electron chi connectivity index (χ1n) is 5.90. The number of hydrogen-bond donors (Lipinski definition) is 1. The number of benzene rings is 1. The Kier molecular flexibility index (Phi) is 3.46. The first-order valence-corrected chi connectivity index (χ1v) is 7.34. The first kappa shape index (κ1) is 13.8. The lowest BCUT2D eigenvalue weighted by atomic mass is 10.3. The second-order valence-corrected chi connectivity index (χ2v) is 6.45. The van der Waals surface area contributed by atoms with Crippen LogP contribution in [0.4, 0.5) is 11.4 Å². The quantitative estimate of drug-likeness (QED) is 0.512. The highest BCUT2D eigenvalue weighted by Crippen LogP contribution is 2.32. The van der Waals surface area contributed by atoms with Gasteiger partial charge in [-0.15, -0.1) is 0 Å². The fourth-order valence-corrected chi connectivity index (χ4v) is 4.17. The summed E-state index contributed by atoms with van der Waals surface area (Å²) in [7, 11) is -3.87. The van der Waals surface area contributed by atoms with Crippen molar-refractivity contribution in [3.05, 3.63) is 28.3 Å². The van der Waals surface area contributed by atoms with Gasteiger partial charge >= 0.3 is 0 Å². The lowest BCUT2D eigenvalue weighted by Crippen LogP contribution is -2.34. The summed E-state index contributed by atoms with van der Waals surface area (Å²) in [6.07, 6.45) is 1.52. The van der Waals surface area contributed by atoms with E-state index in [0.29, 0.717) is 6.54 Å². The topological polar surface area (TPSA) is 107 Å². The molecule has 1 atom stereocenters. The number of rotatable bonds is 3. The van der Waals surface area contributed by atoms with E-state index in [-0.39, 0.29) is 16.6 Å². The second-order valence-electron chi connectivity index (χ2n) is 4.59. The van der Waals surface area contributed by atoms with E-state index in [1.165, 1.54) is 10.4 Å². The summed E-state index contributed by atoms with van der Waals surface area (Å²) in [5.74, 6) is 0. The van der Waals surface area contributed by atoms with Gasteiger partial charge in [0.05, 0.1) is 4.92 Å². The summed E-state index contributed by atoms with van der Waals surface area (Å²) >= 11 is 0. The third-order valence-corrected chi connectivity index (χ3v) is 5.30. The van der Waals surface area contributed by atoms with Crippen molar-refractivity contribution in [2.75, 3.05) is 12.3 Å². The van der Waals surface area contributed by atoms with Crippen molar-refractivity contribution in [2.24, 2.45) is 0 Å². The van der Waals surface area contributed by atoms with Crippen LogP contribution in [0.5, 0.6) is 0 Å². The number of nitro benzene ring substituents is 1. The van der Waals surface area contributed by atoms with E-state index in [4.69, 9.17) is 5.73 Å². The molecule has 0 bridgehead atoms. The van der Waals surface area contributed by atoms with Crippen LogP contribution in [0, 0.1) is 10.1 Å². The molecule has 1 fully saturated rings. The summed E-state index contributed by atoms with van der Waals surface area (Å²) < 4.78 is 26.3. The van der Waals surface area contributed by atoms with E-state index in [1.807, 2.05) is 0 Å². The van der Waals surface area contributed by atoms with Crippen molar-refractivity contribution in [3.63, 3.8) is 0 Å². The molecule has 1 heterocycles. The first-order chi connectivity index (χ1) is 8.84. The maximum Gasteiger partial charge on any atom is 0.289 e. The van der Waals surface area contributed by atoms with Crippen molar-refractivity contribution in [1.82, 2.24) is 4.31 Å². The van der Waals surface area contributed by atoms with Gasteiger partial charge < -0.3 is 5.73 Å². The molecule has 1 aliphatic heterocycles. The molecule has 0 aromatic heterocycles. The van der Waals surface area contributed by atoms with E-state index in [1.54, 1.807) is 6.92 Å². The van der Waals surface area contributed by atoms with Crippen molar-refractivity contribution in [3.8, 4) is 0 Å². The average molecular weight is 285 g/mol. The van der Waals surface area contributed by atoms with Crippen LogP contribution in [0.2, 0.25) is 0 Å². The van der Waals surface area contributed by atoms with Gasteiger partial charge in [-0.25, -0.2) is 8.42 Å². The van der Waals surface area contributed by atoms with E-state index in [2.05, 4.69) is 0 Å². The van der Waals surface area contributed by atoms with Crippen LogP contribution in [0.25, 0.3) is 0 Å². The fourth-order valence-electron chi connectivity index (χ4n) is 2.28. The number of nitrogen functional groups attached to an aromatic ring is 1. The minimum absolute atomic E-state index is 0.147. The van der Waals surface area contributed by atoms with Gasteiger partial charge in [0, 0.05) is 24.3 Å². The van der Waals surface area contributed by atoms with Crippen LogP contribution in [0.1, 0.15) is 19.8 Å². The van der Waals surface area contributed by atoms with Crippen molar-refractivity contribution < 1.29 is 13.3 Å². The van der Waals surface area contributed by atoms with Gasteiger partial charge in [0.1, 0.15) is 0 Å². The van der Waals surface area contributed by atoms with Gasteiger partial charge in [0.15, 0.2) is 4.90 Å². The molecule has 1 saturated heterocycles. The minimum Gasteiger partial charge on any atom is -0.399 e. The Labute approximate surface area is 111 Å².